The molecule has 0 spiro atoms. The van der Waals surface area contributed by atoms with Crippen LogP contribution >= 0.6 is 11.6 Å². The highest BCUT2D eigenvalue weighted by molar-refractivity contribution is 7.92. The summed E-state index contributed by atoms with van der Waals surface area (Å²) in [4.78, 5) is 22.5. The Labute approximate surface area is 173 Å². The van der Waals surface area contributed by atoms with Gasteiger partial charge in [0.1, 0.15) is 6.54 Å². The number of benzene rings is 2. The van der Waals surface area contributed by atoms with Crippen molar-refractivity contribution in [2.75, 3.05) is 17.1 Å². The number of non-ortho nitro benzene ring substituents is 1. The fourth-order valence-electron chi connectivity index (χ4n) is 2.45. The Hall–Kier alpha value is -2.98. The first-order valence-corrected chi connectivity index (χ1v) is 10.5. The Bertz CT molecular complexity index is 1090. The number of nitro groups is 1. The topological polar surface area (TPSA) is 122 Å². The number of sulfonamides is 1. The van der Waals surface area contributed by atoms with Crippen LogP contribution in [0.4, 0.5) is 11.4 Å². The molecule has 0 aliphatic carbocycles. The lowest BCUT2D eigenvalue weighted by atomic mass is 10.1. The van der Waals surface area contributed by atoms with E-state index >= 15 is 0 Å². The van der Waals surface area contributed by atoms with Gasteiger partial charge in [-0.2, -0.15) is 5.10 Å². The monoisotopic (exact) mass is 438 g/mol. The predicted molar refractivity (Wildman–Crippen MR) is 112 cm³/mol. The summed E-state index contributed by atoms with van der Waals surface area (Å²) in [6.07, 6.45) is 2.16. The SMILES string of the molecule is Cc1ccc(C)c(N(CC(=O)N/N=C\c2cc([N+](=O)[O-])ccc2Cl)S(C)(=O)=O)c1. The number of hydrogen-bond acceptors (Lipinski definition) is 6. The lowest BCUT2D eigenvalue weighted by molar-refractivity contribution is -0.384. The largest absolute Gasteiger partial charge is 0.271 e. The van der Waals surface area contributed by atoms with Gasteiger partial charge in [-0.15, -0.1) is 0 Å². The third-order valence-electron chi connectivity index (χ3n) is 3.90. The van der Waals surface area contributed by atoms with Gasteiger partial charge in [-0.25, -0.2) is 13.8 Å². The maximum absolute atomic E-state index is 12.2. The summed E-state index contributed by atoms with van der Waals surface area (Å²) in [6, 6.07) is 9.07. The van der Waals surface area contributed by atoms with E-state index < -0.39 is 27.4 Å². The summed E-state index contributed by atoms with van der Waals surface area (Å²) < 4.78 is 25.4. The van der Waals surface area contributed by atoms with Gasteiger partial charge >= 0.3 is 0 Å². The highest BCUT2D eigenvalue weighted by Gasteiger charge is 2.22. The zero-order valence-electron chi connectivity index (χ0n) is 15.9. The quantitative estimate of drug-likeness (QED) is 0.404. The van der Waals surface area contributed by atoms with Crippen molar-refractivity contribution < 1.29 is 18.1 Å². The molecule has 0 saturated carbocycles. The van der Waals surface area contributed by atoms with Crippen LogP contribution in [-0.2, 0) is 14.8 Å². The second-order valence-electron chi connectivity index (χ2n) is 6.32. The van der Waals surface area contributed by atoms with Crippen molar-refractivity contribution in [3.63, 3.8) is 0 Å². The maximum Gasteiger partial charge on any atom is 0.270 e. The van der Waals surface area contributed by atoms with E-state index in [0.29, 0.717) is 11.3 Å². The molecule has 0 bridgehead atoms. The highest BCUT2D eigenvalue weighted by Crippen LogP contribution is 2.24. The molecule has 154 valence electrons. The lowest BCUT2D eigenvalue weighted by Crippen LogP contribution is -2.39. The van der Waals surface area contributed by atoms with Crippen molar-refractivity contribution in [1.29, 1.82) is 0 Å². The summed E-state index contributed by atoms with van der Waals surface area (Å²) in [6.45, 7) is 3.08. The van der Waals surface area contributed by atoms with Crippen molar-refractivity contribution in [2.45, 2.75) is 13.8 Å². The van der Waals surface area contributed by atoms with E-state index in [-0.39, 0.29) is 16.3 Å². The van der Waals surface area contributed by atoms with Gasteiger partial charge in [-0.1, -0.05) is 23.7 Å². The van der Waals surface area contributed by atoms with Crippen molar-refractivity contribution in [1.82, 2.24) is 5.43 Å². The summed E-state index contributed by atoms with van der Waals surface area (Å²) in [5, 5.41) is 14.8. The van der Waals surface area contributed by atoms with Gasteiger partial charge in [0.2, 0.25) is 10.0 Å². The standard InChI is InChI=1S/C18H19ClN4O5S/c1-12-4-5-13(2)17(8-12)22(29(3,27)28)11-18(24)21-20-10-14-9-15(23(25)26)6-7-16(14)19/h4-10H,11H2,1-3H3,(H,21,24)/b20-10-. The van der Waals surface area contributed by atoms with Crippen LogP contribution in [0.15, 0.2) is 41.5 Å². The third-order valence-corrected chi connectivity index (χ3v) is 5.37. The number of nitrogens with one attached hydrogen (secondary N) is 1. The van der Waals surface area contributed by atoms with Crippen LogP contribution < -0.4 is 9.73 Å². The molecule has 0 aliphatic rings. The number of hydrogen-bond donors (Lipinski definition) is 1. The van der Waals surface area contributed by atoms with Gasteiger partial charge in [-0.3, -0.25) is 19.2 Å². The minimum atomic E-state index is -3.73. The average molecular weight is 439 g/mol. The molecular weight excluding hydrogens is 420 g/mol. The van der Waals surface area contributed by atoms with Crippen LogP contribution in [-0.4, -0.2) is 38.3 Å². The van der Waals surface area contributed by atoms with Gasteiger partial charge in [0.05, 0.1) is 23.1 Å². The lowest BCUT2D eigenvalue weighted by Gasteiger charge is -2.23. The molecule has 0 aliphatic heterocycles. The molecule has 0 atom stereocenters. The molecule has 1 amide bonds. The molecule has 0 saturated heterocycles. The number of nitro benzene ring substituents is 1. The normalized spacial score (nSPS) is 11.4. The van der Waals surface area contributed by atoms with Gasteiger partial charge in [0.15, 0.2) is 0 Å². The second kappa shape index (κ2) is 9.01. The molecule has 11 heteroatoms. The first-order valence-electron chi connectivity index (χ1n) is 8.30. The zero-order chi connectivity index (χ0) is 21.8. The molecule has 2 aromatic rings. The number of rotatable bonds is 7. The number of anilines is 1. The molecule has 29 heavy (non-hydrogen) atoms. The van der Waals surface area contributed by atoms with Crippen LogP contribution in [0.3, 0.4) is 0 Å². The van der Waals surface area contributed by atoms with E-state index in [9.17, 15) is 23.3 Å². The van der Waals surface area contributed by atoms with E-state index in [1.807, 2.05) is 13.0 Å². The number of carbonyl (C=O) groups excluding carboxylic acids is 1. The number of nitrogens with zero attached hydrogens (tertiary/aromatic N) is 3. The summed E-state index contributed by atoms with van der Waals surface area (Å²) in [5.41, 5.74) is 4.20. The molecule has 0 radical (unpaired) electrons. The molecule has 9 nitrogen and oxygen atoms in total. The fraction of sp³-hybridized carbons (Fsp3) is 0.222. The van der Waals surface area contributed by atoms with Gasteiger partial charge in [0.25, 0.3) is 11.6 Å². The van der Waals surface area contributed by atoms with Crippen LogP contribution in [0.1, 0.15) is 16.7 Å². The molecule has 0 aromatic heterocycles. The van der Waals surface area contributed by atoms with Crippen LogP contribution in [0, 0.1) is 24.0 Å². The van der Waals surface area contributed by atoms with Crippen molar-refractivity contribution >= 4 is 45.1 Å². The molecule has 2 rings (SSSR count). The second-order valence-corrected chi connectivity index (χ2v) is 8.63. The molecule has 0 heterocycles. The van der Waals surface area contributed by atoms with Crippen LogP contribution in [0.2, 0.25) is 5.02 Å². The van der Waals surface area contributed by atoms with E-state index in [1.54, 1.807) is 19.1 Å². The summed E-state index contributed by atoms with van der Waals surface area (Å²) in [7, 11) is -3.73. The summed E-state index contributed by atoms with van der Waals surface area (Å²) >= 11 is 5.96. The van der Waals surface area contributed by atoms with Crippen molar-refractivity contribution in [2.24, 2.45) is 5.10 Å². The predicted octanol–water partition coefficient (Wildman–Crippen LogP) is 2.78. The molecule has 0 unspecified atom stereocenters. The smallest absolute Gasteiger partial charge is 0.270 e. The molecule has 1 N–H and O–H groups in total. The van der Waals surface area contributed by atoms with Crippen LogP contribution in [0.25, 0.3) is 0 Å². The van der Waals surface area contributed by atoms with Gasteiger partial charge in [-0.05, 0) is 37.1 Å². The minimum Gasteiger partial charge on any atom is -0.271 e. The summed E-state index contributed by atoms with van der Waals surface area (Å²) in [5.74, 6) is -0.686. The Morgan fingerprint density at radius 3 is 2.59 bits per heavy atom. The first-order chi connectivity index (χ1) is 13.5. The molecule has 2 aromatic carbocycles. The van der Waals surface area contributed by atoms with E-state index in [2.05, 4.69) is 10.5 Å². The Kier molecular flexibility index (Phi) is 6.93. The van der Waals surface area contributed by atoms with Crippen molar-refractivity contribution in [3.05, 3.63) is 68.2 Å². The molecule has 0 fully saturated rings. The van der Waals surface area contributed by atoms with Gasteiger partial charge < -0.3 is 0 Å². The Morgan fingerprint density at radius 1 is 1.28 bits per heavy atom. The number of halogens is 1. The zero-order valence-corrected chi connectivity index (χ0v) is 17.5. The number of hydrazone groups is 1. The van der Waals surface area contributed by atoms with E-state index in [1.165, 1.54) is 18.2 Å². The maximum atomic E-state index is 12.2. The van der Waals surface area contributed by atoms with E-state index in [0.717, 1.165) is 22.3 Å². The number of aryl methyl sites for hydroxylation is 2. The number of amides is 1. The van der Waals surface area contributed by atoms with Crippen LogP contribution in [0.5, 0.6) is 0 Å². The van der Waals surface area contributed by atoms with Gasteiger partial charge in [0, 0.05) is 22.7 Å². The fourth-order valence-corrected chi connectivity index (χ4v) is 3.52. The average Bonchev–Trinajstić information content (AvgIpc) is 2.62. The Balaban J connectivity index is 2.18. The van der Waals surface area contributed by atoms with E-state index in [4.69, 9.17) is 11.6 Å². The highest BCUT2D eigenvalue weighted by atomic mass is 35.5. The third kappa shape index (κ3) is 6.00. The minimum absolute atomic E-state index is 0.180. The Morgan fingerprint density at radius 2 is 1.97 bits per heavy atom. The van der Waals surface area contributed by atoms with Crippen molar-refractivity contribution in [3.8, 4) is 0 Å². The first kappa shape index (κ1) is 22.3. The number of carbonyl (C=O) groups is 1. The molecular formula is C18H19ClN4O5S.